The molecule has 4 aliphatic rings. The predicted molar refractivity (Wildman–Crippen MR) is 163 cm³/mol. The average Bonchev–Trinajstić information content (AvgIpc) is 3.35. The second-order valence-electron chi connectivity index (χ2n) is 12.3. The number of fused-ring (bicyclic) bond motifs is 4. The number of amides is 4. The van der Waals surface area contributed by atoms with Gasteiger partial charge in [-0.3, -0.25) is 19.2 Å². The molecule has 3 aromatic rings. The van der Waals surface area contributed by atoms with Gasteiger partial charge in [-0.15, -0.1) is 0 Å². The molecule has 2 saturated heterocycles. The highest BCUT2D eigenvalue weighted by atomic mass is 35.5. The van der Waals surface area contributed by atoms with E-state index in [0.29, 0.717) is 16.3 Å². The third kappa shape index (κ3) is 3.93. The molecule has 0 radical (unpaired) electrons. The van der Waals surface area contributed by atoms with Crippen molar-refractivity contribution in [1.82, 2.24) is 0 Å². The summed E-state index contributed by atoms with van der Waals surface area (Å²) in [7, 11) is 0. The van der Waals surface area contributed by atoms with Gasteiger partial charge in [-0.05, 0) is 86.2 Å². The molecule has 7 rings (SSSR count). The summed E-state index contributed by atoms with van der Waals surface area (Å²) in [6.45, 7) is 3.57. The Morgan fingerprint density at radius 1 is 0.864 bits per heavy atom. The molecule has 1 saturated carbocycles. The largest absolute Gasteiger partial charge is 0.508 e. The van der Waals surface area contributed by atoms with E-state index in [2.05, 4.69) is 0 Å². The van der Waals surface area contributed by atoms with Gasteiger partial charge in [0.15, 0.2) is 0 Å². The number of aryl methyl sites for hydroxylation is 1. The van der Waals surface area contributed by atoms with E-state index < -0.39 is 52.6 Å². The molecular weight excluding hydrogens is 606 g/mol. The van der Waals surface area contributed by atoms with Crippen LogP contribution in [0.15, 0.2) is 72.3 Å². The lowest BCUT2D eigenvalue weighted by Crippen LogP contribution is -2.48. The average molecular weight is 634 g/mol. The Morgan fingerprint density at radius 2 is 1.57 bits per heavy atom. The number of phenols is 1. The summed E-state index contributed by atoms with van der Waals surface area (Å²) >= 11 is 12.4. The normalized spacial score (nSPS) is 29.5. The number of allylic oxidation sites excluding steroid dienone is 2. The summed E-state index contributed by atoms with van der Waals surface area (Å²) < 4.78 is 14.0. The lowest BCUT2D eigenvalue weighted by atomic mass is 9.51. The molecule has 6 unspecified atom stereocenters. The van der Waals surface area contributed by atoms with Crippen molar-refractivity contribution in [2.24, 2.45) is 29.1 Å². The van der Waals surface area contributed by atoms with Crippen LogP contribution in [0.1, 0.15) is 36.8 Å². The molecule has 3 aromatic carbocycles. The van der Waals surface area contributed by atoms with Gasteiger partial charge in [0.05, 0.1) is 39.6 Å². The first-order chi connectivity index (χ1) is 20.9. The van der Waals surface area contributed by atoms with Crippen molar-refractivity contribution in [3.8, 4) is 5.75 Å². The van der Waals surface area contributed by atoms with Crippen molar-refractivity contribution in [2.75, 3.05) is 9.80 Å². The highest BCUT2D eigenvalue weighted by Gasteiger charge is 2.67. The van der Waals surface area contributed by atoms with Crippen LogP contribution < -0.4 is 9.80 Å². The number of benzene rings is 3. The molecule has 2 aliphatic carbocycles. The molecule has 0 spiro atoms. The van der Waals surface area contributed by atoms with E-state index in [0.717, 1.165) is 22.1 Å². The van der Waals surface area contributed by atoms with E-state index in [1.54, 1.807) is 43.3 Å². The SMILES string of the molecule is Cc1ccc(N2C(=O)C3CC=C4C(CC5C(=O)N(c6ccc(F)c(Cl)c6)C(=O)C5(C)C4c4cccc(O)c4)C3C2=O)cc1Cl. The summed E-state index contributed by atoms with van der Waals surface area (Å²) in [5, 5.41) is 10.7. The van der Waals surface area contributed by atoms with Crippen molar-refractivity contribution >= 4 is 58.2 Å². The third-order valence-corrected chi connectivity index (χ3v) is 10.8. The maximum atomic E-state index is 14.4. The Bertz CT molecular complexity index is 1840. The summed E-state index contributed by atoms with van der Waals surface area (Å²) in [6.07, 6.45) is 2.39. The van der Waals surface area contributed by atoms with E-state index in [1.807, 2.05) is 13.0 Å². The molecular formula is C34H27Cl2FN2O5. The maximum absolute atomic E-state index is 14.4. The van der Waals surface area contributed by atoms with E-state index in [4.69, 9.17) is 23.2 Å². The Labute approximate surface area is 262 Å². The number of halogens is 3. The van der Waals surface area contributed by atoms with E-state index in [1.165, 1.54) is 23.1 Å². The molecule has 6 atom stereocenters. The summed E-state index contributed by atoms with van der Waals surface area (Å²) in [4.78, 5) is 58.7. The number of anilines is 2. The molecule has 2 aliphatic heterocycles. The minimum Gasteiger partial charge on any atom is -0.508 e. The molecule has 10 heteroatoms. The van der Waals surface area contributed by atoms with Crippen LogP contribution in [0.4, 0.5) is 15.8 Å². The molecule has 0 bridgehead atoms. The van der Waals surface area contributed by atoms with E-state index in [9.17, 15) is 28.7 Å². The number of hydrogen-bond acceptors (Lipinski definition) is 5. The number of hydrogen-bond donors (Lipinski definition) is 1. The molecule has 4 amide bonds. The monoisotopic (exact) mass is 632 g/mol. The van der Waals surface area contributed by atoms with Crippen LogP contribution in [-0.2, 0) is 19.2 Å². The molecule has 0 aromatic heterocycles. The van der Waals surface area contributed by atoms with E-state index >= 15 is 0 Å². The Balaban J connectivity index is 1.36. The van der Waals surface area contributed by atoms with Crippen molar-refractivity contribution in [1.29, 1.82) is 0 Å². The van der Waals surface area contributed by atoms with Crippen LogP contribution in [0.2, 0.25) is 10.0 Å². The number of rotatable bonds is 3. The predicted octanol–water partition coefficient (Wildman–Crippen LogP) is 6.58. The van der Waals surface area contributed by atoms with Gasteiger partial charge < -0.3 is 5.11 Å². The molecule has 2 heterocycles. The van der Waals surface area contributed by atoms with Gasteiger partial charge >= 0.3 is 0 Å². The zero-order chi connectivity index (χ0) is 31.2. The Hall–Kier alpha value is -4.01. The topological polar surface area (TPSA) is 95.0 Å². The van der Waals surface area contributed by atoms with Crippen molar-refractivity contribution in [2.45, 2.75) is 32.6 Å². The van der Waals surface area contributed by atoms with Crippen LogP contribution in [0.5, 0.6) is 5.75 Å². The molecule has 3 fully saturated rings. The lowest BCUT2D eigenvalue weighted by Gasteiger charge is -2.49. The fourth-order valence-electron chi connectivity index (χ4n) is 7.95. The van der Waals surface area contributed by atoms with Gasteiger partial charge in [-0.25, -0.2) is 14.2 Å². The summed E-state index contributed by atoms with van der Waals surface area (Å²) in [5.74, 6) is -5.78. The van der Waals surface area contributed by atoms with Gasteiger partial charge in [0.25, 0.3) is 0 Å². The highest BCUT2D eigenvalue weighted by molar-refractivity contribution is 6.32. The maximum Gasteiger partial charge on any atom is 0.241 e. The first kappa shape index (κ1) is 28.7. The quantitative estimate of drug-likeness (QED) is 0.260. The fraction of sp³-hybridized carbons (Fsp3) is 0.294. The third-order valence-electron chi connectivity index (χ3n) is 10.1. The molecule has 1 N–H and O–H groups in total. The number of carbonyl (C=O) groups excluding carboxylic acids is 4. The smallest absolute Gasteiger partial charge is 0.241 e. The Morgan fingerprint density at radius 3 is 2.27 bits per heavy atom. The summed E-state index contributed by atoms with van der Waals surface area (Å²) in [5.41, 5.74) is 1.47. The zero-order valence-corrected chi connectivity index (χ0v) is 25.3. The summed E-state index contributed by atoms with van der Waals surface area (Å²) in [6, 6.07) is 15.3. The molecule has 44 heavy (non-hydrogen) atoms. The van der Waals surface area contributed by atoms with Crippen molar-refractivity contribution in [3.63, 3.8) is 0 Å². The number of imide groups is 2. The minimum absolute atomic E-state index is 0.00690. The van der Waals surface area contributed by atoms with Gasteiger partial charge in [-0.1, -0.05) is 53.1 Å². The van der Waals surface area contributed by atoms with Crippen LogP contribution >= 0.6 is 23.2 Å². The van der Waals surface area contributed by atoms with Crippen molar-refractivity contribution in [3.05, 3.63) is 99.3 Å². The van der Waals surface area contributed by atoms with Crippen LogP contribution in [-0.4, -0.2) is 28.7 Å². The fourth-order valence-corrected chi connectivity index (χ4v) is 8.29. The molecule has 224 valence electrons. The number of carbonyl (C=O) groups is 4. The number of aromatic hydroxyl groups is 1. The van der Waals surface area contributed by atoms with Gasteiger partial charge in [0.2, 0.25) is 23.6 Å². The standard InChI is InChI=1S/C34H27Cl2FN2O5/c1-16-6-7-18(13-25(16)35)38-30(41)22-10-9-21-23(28(22)32(38)43)15-24-31(42)39(19-8-11-27(37)26(36)14-19)33(44)34(24,2)29(21)17-4-3-5-20(40)12-17/h3-9,11-14,22-24,28-29,40H,10,15H2,1-2H3. The van der Waals surface area contributed by atoms with Crippen LogP contribution in [0.3, 0.4) is 0 Å². The minimum atomic E-state index is -1.29. The Kier molecular flexibility index (Phi) is 6.54. The second-order valence-corrected chi connectivity index (χ2v) is 13.1. The number of nitrogens with zero attached hydrogens (tertiary/aromatic N) is 2. The van der Waals surface area contributed by atoms with Crippen molar-refractivity contribution < 1.29 is 28.7 Å². The first-order valence-corrected chi connectivity index (χ1v) is 15.1. The zero-order valence-electron chi connectivity index (χ0n) is 23.8. The highest BCUT2D eigenvalue weighted by Crippen LogP contribution is 2.64. The van der Waals surface area contributed by atoms with Gasteiger partial charge in [0.1, 0.15) is 11.6 Å². The van der Waals surface area contributed by atoms with E-state index in [-0.39, 0.29) is 41.1 Å². The van der Waals surface area contributed by atoms with Crippen LogP contribution in [0.25, 0.3) is 0 Å². The van der Waals surface area contributed by atoms with Gasteiger partial charge in [-0.2, -0.15) is 0 Å². The first-order valence-electron chi connectivity index (χ1n) is 14.4. The number of phenolic OH excluding ortho intramolecular Hbond substituents is 1. The van der Waals surface area contributed by atoms with Gasteiger partial charge in [0, 0.05) is 10.9 Å². The molecule has 7 nitrogen and oxygen atoms in total. The lowest BCUT2D eigenvalue weighted by molar-refractivity contribution is -0.131. The second kappa shape index (κ2) is 10.0. The van der Waals surface area contributed by atoms with Crippen LogP contribution in [0, 0.1) is 41.8 Å².